The van der Waals surface area contributed by atoms with E-state index >= 15 is 0 Å². The zero-order valence-electron chi connectivity index (χ0n) is 6.52. The van der Waals surface area contributed by atoms with Crippen LogP contribution in [-0.4, -0.2) is 42.9 Å². The van der Waals surface area contributed by atoms with Gasteiger partial charge in [0, 0.05) is 6.54 Å². The maximum absolute atomic E-state index is 11.6. The van der Waals surface area contributed by atoms with Crippen LogP contribution >= 0.6 is 0 Å². The molecule has 1 atom stereocenters. The van der Waals surface area contributed by atoms with Gasteiger partial charge in [-0.05, 0) is 20.5 Å². The van der Waals surface area contributed by atoms with Gasteiger partial charge < -0.3 is 10.0 Å². The van der Waals surface area contributed by atoms with Crippen LogP contribution in [0.15, 0.2) is 0 Å². The summed E-state index contributed by atoms with van der Waals surface area (Å²) in [5, 5.41) is 8.48. The third kappa shape index (κ3) is 5.03. The van der Waals surface area contributed by atoms with E-state index in [0.717, 1.165) is 0 Å². The molecule has 0 aliphatic heterocycles. The van der Waals surface area contributed by atoms with Crippen molar-refractivity contribution < 1.29 is 18.3 Å². The molecule has 11 heavy (non-hydrogen) atoms. The van der Waals surface area contributed by atoms with Gasteiger partial charge in [-0.25, -0.2) is 0 Å². The second kappa shape index (κ2) is 3.92. The molecule has 0 fully saturated rings. The second-order valence-electron chi connectivity index (χ2n) is 2.65. The molecule has 0 saturated heterocycles. The third-order valence-corrected chi connectivity index (χ3v) is 1.23. The first kappa shape index (κ1) is 10.7. The van der Waals surface area contributed by atoms with Gasteiger partial charge in [0.15, 0.2) is 6.10 Å². The van der Waals surface area contributed by atoms with E-state index in [0.29, 0.717) is 0 Å². The second-order valence-corrected chi connectivity index (χ2v) is 2.65. The molecule has 0 aromatic carbocycles. The summed E-state index contributed by atoms with van der Waals surface area (Å²) in [6.45, 7) is 0.237. The van der Waals surface area contributed by atoms with E-state index in [-0.39, 0.29) is 13.0 Å². The Morgan fingerprint density at radius 1 is 1.36 bits per heavy atom. The first-order chi connectivity index (χ1) is 4.84. The van der Waals surface area contributed by atoms with E-state index < -0.39 is 12.3 Å². The molecule has 0 aliphatic rings. The molecule has 0 unspecified atom stereocenters. The Morgan fingerprint density at radius 3 is 2.09 bits per heavy atom. The molecule has 1 N–H and O–H groups in total. The Morgan fingerprint density at radius 2 is 1.82 bits per heavy atom. The first-order valence-electron chi connectivity index (χ1n) is 3.23. The van der Waals surface area contributed by atoms with Crippen molar-refractivity contribution in [3.8, 4) is 0 Å². The minimum absolute atomic E-state index is 0.237. The molecule has 0 amide bonds. The van der Waals surface area contributed by atoms with Gasteiger partial charge in [-0.15, -0.1) is 0 Å². The van der Waals surface area contributed by atoms with Gasteiger partial charge in [-0.2, -0.15) is 13.2 Å². The third-order valence-electron chi connectivity index (χ3n) is 1.23. The number of rotatable bonds is 3. The lowest BCUT2D eigenvalue weighted by Crippen LogP contribution is -2.31. The lowest BCUT2D eigenvalue weighted by atomic mass is 10.2. The molecule has 0 aliphatic carbocycles. The molecule has 5 heteroatoms. The summed E-state index contributed by atoms with van der Waals surface area (Å²) >= 11 is 0. The maximum Gasteiger partial charge on any atom is 0.414 e. The van der Waals surface area contributed by atoms with Gasteiger partial charge in [0.2, 0.25) is 0 Å². The first-order valence-corrected chi connectivity index (χ1v) is 3.23. The zero-order valence-corrected chi connectivity index (χ0v) is 6.52. The average molecular weight is 171 g/mol. The Kier molecular flexibility index (Phi) is 3.82. The monoisotopic (exact) mass is 171 g/mol. The van der Waals surface area contributed by atoms with Crippen LogP contribution in [0.3, 0.4) is 0 Å². The van der Waals surface area contributed by atoms with Crippen molar-refractivity contribution in [2.24, 2.45) is 0 Å². The van der Waals surface area contributed by atoms with E-state index in [1.807, 2.05) is 0 Å². The molecule has 0 heterocycles. The zero-order chi connectivity index (χ0) is 9.07. The van der Waals surface area contributed by atoms with Gasteiger partial charge >= 0.3 is 6.18 Å². The molecule has 0 spiro atoms. The molecular formula is C6H12F3NO. The van der Waals surface area contributed by atoms with E-state index in [1.165, 1.54) is 0 Å². The van der Waals surface area contributed by atoms with E-state index in [1.54, 1.807) is 19.0 Å². The van der Waals surface area contributed by atoms with E-state index in [9.17, 15) is 13.2 Å². The minimum Gasteiger partial charge on any atom is -0.384 e. The number of nitrogens with zero attached hydrogens (tertiary/aromatic N) is 1. The topological polar surface area (TPSA) is 23.5 Å². The lowest BCUT2D eigenvalue weighted by Gasteiger charge is -2.16. The van der Waals surface area contributed by atoms with Crippen LogP contribution in [0.2, 0.25) is 0 Å². The quantitative estimate of drug-likeness (QED) is 0.680. The summed E-state index contributed by atoms with van der Waals surface area (Å²) in [7, 11) is 3.31. The van der Waals surface area contributed by atoms with Crippen LogP contribution < -0.4 is 0 Å². The van der Waals surface area contributed by atoms with E-state index in [4.69, 9.17) is 5.11 Å². The molecule has 0 rings (SSSR count). The predicted molar refractivity (Wildman–Crippen MR) is 35.2 cm³/mol. The number of aliphatic hydroxyl groups is 1. The highest BCUT2D eigenvalue weighted by Gasteiger charge is 2.37. The lowest BCUT2D eigenvalue weighted by molar-refractivity contribution is -0.205. The molecule has 0 bridgehead atoms. The van der Waals surface area contributed by atoms with Crippen molar-refractivity contribution in [2.75, 3.05) is 20.6 Å². The van der Waals surface area contributed by atoms with Crippen LogP contribution in [0.5, 0.6) is 0 Å². The molecule has 0 saturated carbocycles. The summed E-state index contributed by atoms with van der Waals surface area (Å²) < 4.78 is 34.9. The van der Waals surface area contributed by atoms with Crippen molar-refractivity contribution in [1.29, 1.82) is 0 Å². The number of hydrogen-bond acceptors (Lipinski definition) is 2. The molecular weight excluding hydrogens is 159 g/mol. The SMILES string of the molecule is CN(C)CC[C@@H](O)C(F)(F)F. The summed E-state index contributed by atoms with van der Waals surface area (Å²) in [5.74, 6) is 0. The molecule has 0 aromatic heterocycles. The fraction of sp³-hybridized carbons (Fsp3) is 1.00. The highest BCUT2D eigenvalue weighted by atomic mass is 19.4. The van der Waals surface area contributed by atoms with Crippen molar-refractivity contribution in [3.63, 3.8) is 0 Å². The summed E-state index contributed by atoms with van der Waals surface area (Å²) in [4.78, 5) is 1.59. The number of alkyl halides is 3. The fourth-order valence-electron chi connectivity index (χ4n) is 0.544. The standard InChI is InChI=1S/C6H12F3NO/c1-10(2)4-3-5(11)6(7,8)9/h5,11H,3-4H2,1-2H3/t5-/m1/s1. The normalized spacial score (nSPS) is 15.5. The van der Waals surface area contributed by atoms with Gasteiger partial charge in [-0.3, -0.25) is 0 Å². The number of aliphatic hydroxyl groups excluding tert-OH is 1. The molecule has 68 valence electrons. The van der Waals surface area contributed by atoms with Gasteiger partial charge in [0.25, 0.3) is 0 Å². The van der Waals surface area contributed by atoms with Crippen LogP contribution in [0.4, 0.5) is 13.2 Å². The van der Waals surface area contributed by atoms with Crippen LogP contribution in [0, 0.1) is 0 Å². The Hall–Kier alpha value is -0.290. The van der Waals surface area contributed by atoms with Crippen molar-refractivity contribution >= 4 is 0 Å². The Balaban J connectivity index is 3.61. The summed E-state index contributed by atoms with van der Waals surface area (Å²) in [6.07, 6.45) is -6.93. The van der Waals surface area contributed by atoms with Crippen molar-refractivity contribution in [3.05, 3.63) is 0 Å². The number of halogens is 3. The van der Waals surface area contributed by atoms with Crippen LogP contribution in [0.1, 0.15) is 6.42 Å². The smallest absolute Gasteiger partial charge is 0.384 e. The van der Waals surface area contributed by atoms with Crippen LogP contribution in [-0.2, 0) is 0 Å². The van der Waals surface area contributed by atoms with Gasteiger partial charge in [0.1, 0.15) is 0 Å². The van der Waals surface area contributed by atoms with Crippen molar-refractivity contribution in [2.45, 2.75) is 18.7 Å². The molecule has 0 aromatic rings. The average Bonchev–Trinajstić information content (AvgIpc) is 1.80. The largest absolute Gasteiger partial charge is 0.414 e. The van der Waals surface area contributed by atoms with Gasteiger partial charge in [0.05, 0.1) is 0 Å². The van der Waals surface area contributed by atoms with Crippen LogP contribution in [0.25, 0.3) is 0 Å². The minimum atomic E-state index is -4.48. The maximum atomic E-state index is 11.6. The summed E-state index contributed by atoms with van der Waals surface area (Å²) in [6, 6.07) is 0. The van der Waals surface area contributed by atoms with Crippen molar-refractivity contribution in [1.82, 2.24) is 4.90 Å². The molecule has 2 nitrogen and oxygen atoms in total. The van der Waals surface area contributed by atoms with Gasteiger partial charge in [-0.1, -0.05) is 0 Å². The Labute approximate surface area is 63.6 Å². The summed E-state index contributed by atoms with van der Waals surface area (Å²) in [5.41, 5.74) is 0. The highest BCUT2D eigenvalue weighted by molar-refractivity contribution is 4.65. The Bertz CT molecular complexity index is 113. The highest BCUT2D eigenvalue weighted by Crippen LogP contribution is 2.21. The number of hydrogen-bond donors (Lipinski definition) is 1. The predicted octanol–water partition coefficient (Wildman–Crippen LogP) is 0.861. The fourth-order valence-corrected chi connectivity index (χ4v) is 0.544. The van der Waals surface area contributed by atoms with E-state index in [2.05, 4.69) is 0 Å². The molecule has 0 radical (unpaired) electrons.